The molecule has 0 atom stereocenters. The fourth-order valence-electron chi connectivity index (χ4n) is 3.11. The Morgan fingerprint density at radius 1 is 0.682 bits per heavy atom. The minimum absolute atomic E-state index is 0.0914. The van der Waals surface area contributed by atoms with Crippen molar-refractivity contribution in [2.75, 3.05) is 0 Å². The van der Waals surface area contributed by atoms with Crippen LogP contribution in [0.3, 0.4) is 0 Å². The number of hydrogen-bond acceptors (Lipinski definition) is 1. The van der Waals surface area contributed by atoms with Crippen LogP contribution in [0.5, 0.6) is 0 Å². The molecule has 4 aromatic rings. The first-order chi connectivity index (χ1) is 10.6. The number of benzene rings is 3. The van der Waals surface area contributed by atoms with Crippen LogP contribution in [0.4, 0.5) is 0 Å². The quantitative estimate of drug-likeness (QED) is 0.405. The molecule has 0 aromatic heterocycles. The first kappa shape index (κ1) is 13.5. The average molecular weight is 349 g/mol. The summed E-state index contributed by atoms with van der Waals surface area (Å²) in [5.41, 5.74) is 1.25. The largest absolute Gasteiger partial charge is 0.289 e. The van der Waals surface area contributed by atoms with Gasteiger partial charge in [-0.25, -0.2) is 0 Å². The zero-order chi connectivity index (χ0) is 15.3. The van der Waals surface area contributed by atoms with E-state index >= 15 is 0 Å². The van der Waals surface area contributed by atoms with Gasteiger partial charge in [0, 0.05) is 15.2 Å². The average Bonchev–Trinajstić information content (AvgIpc) is 2.62. The third-order valence-electron chi connectivity index (χ3n) is 4.15. The van der Waals surface area contributed by atoms with E-state index in [9.17, 15) is 4.79 Å². The van der Waals surface area contributed by atoms with E-state index < -0.39 is 0 Å². The van der Waals surface area contributed by atoms with Gasteiger partial charge in [0.25, 0.3) is 0 Å². The fraction of sp³-hybridized carbons (Fsp3) is 0.0500. The molecule has 0 saturated heterocycles. The van der Waals surface area contributed by atoms with Crippen LogP contribution in [0, 0.1) is 6.92 Å². The number of fused-ring (bicyclic) bond motifs is 5. The summed E-state index contributed by atoms with van der Waals surface area (Å²) in [6.07, 6.45) is 0. The lowest BCUT2D eigenvalue weighted by molar-refractivity contribution is 1.51. The molecule has 4 rings (SSSR count). The highest BCUT2D eigenvalue weighted by atomic mass is 79.9. The molecule has 0 heterocycles. The Kier molecular flexibility index (Phi) is 3.02. The van der Waals surface area contributed by atoms with E-state index in [0.29, 0.717) is 0 Å². The van der Waals surface area contributed by atoms with Gasteiger partial charge in [0.2, 0.25) is 0 Å². The van der Waals surface area contributed by atoms with Gasteiger partial charge >= 0.3 is 0 Å². The van der Waals surface area contributed by atoms with Crippen LogP contribution in [0.2, 0.25) is 0 Å². The van der Waals surface area contributed by atoms with Crippen molar-refractivity contribution in [1.29, 1.82) is 0 Å². The minimum atomic E-state index is 0.0914. The van der Waals surface area contributed by atoms with E-state index in [1.54, 1.807) is 0 Å². The second-order valence-electron chi connectivity index (χ2n) is 5.61. The maximum atomic E-state index is 13.0. The van der Waals surface area contributed by atoms with Gasteiger partial charge in [-0.2, -0.15) is 0 Å². The van der Waals surface area contributed by atoms with Crippen molar-refractivity contribution in [3.63, 3.8) is 0 Å². The van der Waals surface area contributed by atoms with Crippen molar-refractivity contribution >= 4 is 48.2 Å². The highest BCUT2D eigenvalue weighted by Gasteiger charge is 2.09. The third-order valence-corrected chi connectivity index (χ3v) is 4.65. The van der Waals surface area contributed by atoms with E-state index in [2.05, 4.69) is 41.1 Å². The molecule has 0 N–H and O–H groups in total. The van der Waals surface area contributed by atoms with Crippen LogP contribution >= 0.6 is 15.9 Å². The Hall–Kier alpha value is -2.19. The second kappa shape index (κ2) is 4.92. The molecule has 0 spiro atoms. The standard InChI is InChI=1S/C20H13BrO/c1-12-6-8-16-18(10-12)14-4-2-3-5-15(14)19-11-13(21)7-9-17(19)20(16)22/h2-11H,1H3. The molecule has 2 heteroatoms. The molecule has 0 radical (unpaired) electrons. The van der Waals surface area contributed by atoms with E-state index in [1.165, 1.54) is 0 Å². The maximum Gasteiger partial charge on any atom is 0.194 e. The first-order valence-electron chi connectivity index (χ1n) is 7.20. The molecule has 106 valence electrons. The predicted octanol–water partition coefficient (Wildman–Crippen LogP) is 5.58. The summed E-state index contributed by atoms with van der Waals surface area (Å²) in [5, 5.41) is 5.78. The molecule has 0 aliphatic heterocycles. The zero-order valence-corrected chi connectivity index (χ0v) is 13.6. The van der Waals surface area contributed by atoms with Gasteiger partial charge in [-0.3, -0.25) is 4.79 Å². The van der Waals surface area contributed by atoms with Crippen LogP contribution < -0.4 is 5.43 Å². The number of aryl methyl sites for hydroxylation is 1. The minimum Gasteiger partial charge on any atom is -0.289 e. The van der Waals surface area contributed by atoms with Gasteiger partial charge in [0.1, 0.15) is 0 Å². The zero-order valence-electron chi connectivity index (χ0n) is 12.1. The smallest absolute Gasteiger partial charge is 0.194 e. The lowest BCUT2D eigenvalue weighted by atomic mass is 10.0. The SMILES string of the molecule is Cc1ccc2c(=O)c3ccc(Br)cc3c3ccccc3c2c1. The lowest BCUT2D eigenvalue weighted by Gasteiger charge is -2.00. The second-order valence-corrected chi connectivity index (χ2v) is 6.53. The van der Waals surface area contributed by atoms with Crippen LogP contribution in [0.25, 0.3) is 32.3 Å². The lowest BCUT2D eigenvalue weighted by Crippen LogP contribution is -1.98. The Labute approximate surface area is 136 Å². The van der Waals surface area contributed by atoms with Gasteiger partial charge in [0.05, 0.1) is 0 Å². The highest BCUT2D eigenvalue weighted by Crippen LogP contribution is 2.30. The molecule has 0 aliphatic rings. The maximum absolute atomic E-state index is 13.0. The van der Waals surface area contributed by atoms with Crippen molar-refractivity contribution in [1.82, 2.24) is 0 Å². The monoisotopic (exact) mass is 348 g/mol. The Balaban J connectivity index is 2.49. The summed E-state index contributed by atoms with van der Waals surface area (Å²) in [4.78, 5) is 13.0. The molecule has 0 bridgehead atoms. The third kappa shape index (κ3) is 1.95. The molecule has 0 aliphatic carbocycles. The van der Waals surface area contributed by atoms with Gasteiger partial charge in [-0.1, -0.05) is 64.0 Å². The van der Waals surface area contributed by atoms with Crippen molar-refractivity contribution in [3.8, 4) is 0 Å². The van der Waals surface area contributed by atoms with Gasteiger partial charge < -0.3 is 0 Å². The van der Waals surface area contributed by atoms with Gasteiger partial charge in [-0.05, 0) is 46.7 Å². The highest BCUT2D eigenvalue weighted by molar-refractivity contribution is 9.10. The first-order valence-corrected chi connectivity index (χ1v) is 7.99. The molecule has 0 unspecified atom stereocenters. The van der Waals surface area contributed by atoms with Crippen molar-refractivity contribution < 1.29 is 0 Å². The molecular weight excluding hydrogens is 336 g/mol. The molecule has 1 nitrogen and oxygen atoms in total. The Morgan fingerprint density at radius 3 is 1.95 bits per heavy atom. The van der Waals surface area contributed by atoms with E-state index in [1.807, 2.05) is 42.5 Å². The van der Waals surface area contributed by atoms with Crippen molar-refractivity contribution in [2.45, 2.75) is 6.92 Å². The number of rotatable bonds is 0. The van der Waals surface area contributed by atoms with Crippen LogP contribution in [0.1, 0.15) is 5.56 Å². The summed E-state index contributed by atoms with van der Waals surface area (Å²) in [6.45, 7) is 2.06. The number of halogens is 1. The van der Waals surface area contributed by atoms with E-state index in [0.717, 1.165) is 42.4 Å². The summed E-state index contributed by atoms with van der Waals surface area (Å²) in [5.74, 6) is 0. The van der Waals surface area contributed by atoms with E-state index in [-0.39, 0.29) is 5.43 Å². The number of hydrogen-bond donors (Lipinski definition) is 0. The predicted molar refractivity (Wildman–Crippen MR) is 97.7 cm³/mol. The van der Waals surface area contributed by atoms with Gasteiger partial charge in [-0.15, -0.1) is 0 Å². The molecule has 0 saturated carbocycles. The van der Waals surface area contributed by atoms with Crippen LogP contribution in [-0.4, -0.2) is 0 Å². The van der Waals surface area contributed by atoms with Crippen LogP contribution in [-0.2, 0) is 0 Å². The normalized spacial score (nSPS) is 11.4. The fourth-order valence-corrected chi connectivity index (χ4v) is 3.48. The summed E-state index contributed by atoms with van der Waals surface area (Å²) in [7, 11) is 0. The summed E-state index contributed by atoms with van der Waals surface area (Å²) >= 11 is 3.52. The molecule has 0 amide bonds. The van der Waals surface area contributed by atoms with Crippen molar-refractivity contribution in [3.05, 3.63) is 80.9 Å². The van der Waals surface area contributed by atoms with Gasteiger partial charge in [0.15, 0.2) is 5.43 Å². The van der Waals surface area contributed by atoms with E-state index in [4.69, 9.17) is 0 Å². The Morgan fingerprint density at radius 2 is 1.27 bits per heavy atom. The molecule has 4 aromatic carbocycles. The van der Waals surface area contributed by atoms with Crippen molar-refractivity contribution in [2.24, 2.45) is 0 Å². The van der Waals surface area contributed by atoms with Crippen LogP contribution in [0.15, 0.2) is 69.9 Å². The molecule has 22 heavy (non-hydrogen) atoms. The summed E-state index contributed by atoms with van der Waals surface area (Å²) in [6, 6.07) is 20.2. The Bertz CT molecular complexity index is 1030. The molecular formula is C20H13BrO. The summed E-state index contributed by atoms with van der Waals surface area (Å²) < 4.78 is 0.982. The topological polar surface area (TPSA) is 17.1 Å². The molecule has 0 fully saturated rings.